The molecule has 2 aliphatic heterocycles. The Morgan fingerprint density at radius 2 is 1.85 bits per heavy atom. The number of ether oxygens (including phenoxy) is 1. The molecule has 1 saturated heterocycles. The maximum absolute atomic E-state index is 12.9. The van der Waals surface area contributed by atoms with Crippen molar-refractivity contribution in [2.45, 2.75) is 76.4 Å². The number of rotatable bonds is 7. The Labute approximate surface area is 199 Å². The van der Waals surface area contributed by atoms with Crippen molar-refractivity contribution in [3.8, 4) is 0 Å². The molecule has 0 aromatic heterocycles. The number of amides is 3. The van der Waals surface area contributed by atoms with Gasteiger partial charge in [-0.25, -0.2) is 0 Å². The van der Waals surface area contributed by atoms with E-state index in [1.807, 2.05) is 30.3 Å². The van der Waals surface area contributed by atoms with Gasteiger partial charge in [0.1, 0.15) is 6.04 Å². The Morgan fingerprint density at radius 3 is 2.68 bits per heavy atom. The number of nitrogens with one attached hydrogen (secondary N) is 2. The number of hydrogen-bond acceptors (Lipinski definition) is 5. The van der Waals surface area contributed by atoms with Crippen LogP contribution in [0.4, 0.5) is 0 Å². The fourth-order valence-corrected chi connectivity index (χ4v) is 5.27. The Bertz CT molecular complexity index is 1070. The van der Waals surface area contributed by atoms with E-state index in [0.29, 0.717) is 31.2 Å². The molecule has 7 nitrogen and oxygen atoms in total. The minimum atomic E-state index is -0.575. The minimum absolute atomic E-state index is 0.130. The van der Waals surface area contributed by atoms with Crippen molar-refractivity contribution >= 4 is 17.7 Å². The predicted molar refractivity (Wildman–Crippen MR) is 127 cm³/mol. The molecule has 3 atom stereocenters. The summed E-state index contributed by atoms with van der Waals surface area (Å²) < 4.78 is 6.17. The van der Waals surface area contributed by atoms with Gasteiger partial charge in [0.15, 0.2) is 0 Å². The molecule has 3 amide bonds. The molecule has 0 spiro atoms. The highest BCUT2D eigenvalue weighted by molar-refractivity contribution is 6.05. The largest absolute Gasteiger partial charge is 0.373 e. The van der Waals surface area contributed by atoms with Crippen LogP contribution in [0.3, 0.4) is 0 Å². The van der Waals surface area contributed by atoms with E-state index in [-0.39, 0.29) is 30.2 Å². The Balaban J connectivity index is 1.14. The number of benzene rings is 2. The molecule has 2 aromatic rings. The van der Waals surface area contributed by atoms with Gasteiger partial charge < -0.3 is 15.0 Å². The highest BCUT2D eigenvalue weighted by atomic mass is 16.5. The third kappa shape index (κ3) is 5.05. The molecule has 1 aliphatic carbocycles. The zero-order chi connectivity index (χ0) is 23.5. The zero-order valence-corrected chi connectivity index (χ0v) is 19.3. The second-order valence-electron chi connectivity index (χ2n) is 9.55. The van der Waals surface area contributed by atoms with Gasteiger partial charge in [-0.05, 0) is 54.9 Å². The number of carbonyl (C=O) groups is 3. The van der Waals surface area contributed by atoms with Crippen LogP contribution in [-0.4, -0.2) is 40.8 Å². The van der Waals surface area contributed by atoms with Gasteiger partial charge in [0, 0.05) is 31.1 Å². The fraction of sp³-hybridized carbons (Fsp3) is 0.444. The quantitative estimate of drug-likeness (QED) is 0.619. The van der Waals surface area contributed by atoms with Crippen molar-refractivity contribution in [3.63, 3.8) is 0 Å². The molecule has 2 aromatic carbocycles. The maximum atomic E-state index is 12.9. The predicted octanol–water partition coefficient (Wildman–Crippen LogP) is 3.07. The molecule has 0 bridgehead atoms. The normalized spacial score (nSPS) is 24.8. The Hall–Kier alpha value is -3.03. The standard InChI is InChI=1S/C27H31N3O4/c31-25-12-11-24(26(32)29-25)30-16-20-13-19(9-10-23(20)27(30)33)15-28-21-7-4-8-22(14-21)34-17-18-5-2-1-3-6-18/h1-3,5-6,9-10,13,21-22,24,28H,4,7-8,11-12,14-17H2,(H,29,31,32)/t21-,22+,24?/m0/s1. The summed E-state index contributed by atoms with van der Waals surface area (Å²) in [4.78, 5) is 38.2. The summed E-state index contributed by atoms with van der Waals surface area (Å²) >= 11 is 0. The number of carbonyl (C=O) groups excluding carboxylic acids is 3. The highest BCUT2D eigenvalue weighted by Crippen LogP contribution is 2.28. The van der Waals surface area contributed by atoms with E-state index in [9.17, 15) is 14.4 Å². The number of nitrogens with zero attached hydrogens (tertiary/aromatic N) is 1. The molecule has 7 heteroatoms. The fourth-order valence-electron chi connectivity index (χ4n) is 5.27. The minimum Gasteiger partial charge on any atom is -0.373 e. The van der Waals surface area contributed by atoms with E-state index >= 15 is 0 Å². The maximum Gasteiger partial charge on any atom is 0.255 e. The van der Waals surface area contributed by atoms with Crippen molar-refractivity contribution in [2.75, 3.05) is 0 Å². The molecule has 0 radical (unpaired) electrons. The van der Waals surface area contributed by atoms with Gasteiger partial charge in [0.25, 0.3) is 5.91 Å². The van der Waals surface area contributed by atoms with Crippen LogP contribution in [0.15, 0.2) is 48.5 Å². The molecule has 1 unspecified atom stereocenters. The molecule has 2 fully saturated rings. The smallest absolute Gasteiger partial charge is 0.255 e. The van der Waals surface area contributed by atoms with Crippen LogP contribution in [-0.2, 0) is 34.0 Å². The van der Waals surface area contributed by atoms with Gasteiger partial charge >= 0.3 is 0 Å². The van der Waals surface area contributed by atoms with E-state index in [2.05, 4.69) is 28.8 Å². The summed E-state index contributed by atoms with van der Waals surface area (Å²) in [5, 5.41) is 6.03. The third-order valence-electron chi connectivity index (χ3n) is 7.14. The molecule has 2 heterocycles. The van der Waals surface area contributed by atoms with E-state index in [1.165, 1.54) is 5.56 Å². The number of hydrogen-bond donors (Lipinski definition) is 2. The summed E-state index contributed by atoms with van der Waals surface area (Å²) in [5.41, 5.74) is 3.93. The summed E-state index contributed by atoms with van der Waals surface area (Å²) in [6, 6.07) is 16.0. The third-order valence-corrected chi connectivity index (χ3v) is 7.14. The summed E-state index contributed by atoms with van der Waals surface area (Å²) in [7, 11) is 0. The summed E-state index contributed by atoms with van der Waals surface area (Å²) in [6.07, 6.45) is 5.30. The van der Waals surface area contributed by atoms with E-state index < -0.39 is 6.04 Å². The van der Waals surface area contributed by atoms with E-state index in [1.54, 1.807) is 4.90 Å². The molecular weight excluding hydrogens is 430 g/mol. The lowest BCUT2D eigenvalue weighted by Gasteiger charge is -2.30. The van der Waals surface area contributed by atoms with E-state index in [4.69, 9.17) is 4.74 Å². The molecular formula is C27H31N3O4. The lowest BCUT2D eigenvalue weighted by Crippen LogP contribution is -2.52. The average molecular weight is 462 g/mol. The van der Waals surface area contributed by atoms with Gasteiger partial charge in [0.05, 0.1) is 12.7 Å². The molecule has 5 rings (SSSR count). The van der Waals surface area contributed by atoms with Crippen molar-refractivity contribution < 1.29 is 19.1 Å². The molecule has 2 N–H and O–H groups in total. The van der Waals surface area contributed by atoms with Gasteiger partial charge in [-0.15, -0.1) is 0 Å². The van der Waals surface area contributed by atoms with Crippen LogP contribution >= 0.6 is 0 Å². The zero-order valence-electron chi connectivity index (χ0n) is 19.3. The second-order valence-corrected chi connectivity index (χ2v) is 9.55. The number of piperidine rings is 1. The summed E-state index contributed by atoms with van der Waals surface area (Å²) in [5.74, 6) is -0.774. The monoisotopic (exact) mass is 461 g/mol. The molecule has 178 valence electrons. The SMILES string of the molecule is O=C1CCC(N2Cc3cc(CN[C@H]4CCC[C@@H](OCc5ccccc5)C4)ccc3C2=O)C(=O)N1. The van der Waals surface area contributed by atoms with Crippen molar-refractivity contribution in [1.82, 2.24) is 15.5 Å². The van der Waals surface area contributed by atoms with Gasteiger partial charge in [-0.3, -0.25) is 19.7 Å². The molecule has 3 aliphatic rings. The average Bonchev–Trinajstić information content (AvgIpc) is 3.18. The van der Waals surface area contributed by atoms with Crippen LogP contribution in [0, 0.1) is 0 Å². The Kier molecular flexibility index (Phi) is 6.74. The molecule has 34 heavy (non-hydrogen) atoms. The first kappa shape index (κ1) is 22.7. The summed E-state index contributed by atoms with van der Waals surface area (Å²) in [6.45, 7) is 1.80. The first-order chi connectivity index (χ1) is 16.6. The number of fused-ring (bicyclic) bond motifs is 1. The van der Waals surface area contributed by atoms with Crippen molar-refractivity contribution in [3.05, 3.63) is 70.8 Å². The lowest BCUT2D eigenvalue weighted by atomic mass is 9.92. The van der Waals surface area contributed by atoms with Crippen LogP contribution in [0.25, 0.3) is 0 Å². The topological polar surface area (TPSA) is 87.7 Å². The molecule has 1 saturated carbocycles. The van der Waals surface area contributed by atoms with E-state index in [0.717, 1.165) is 43.4 Å². The number of imide groups is 1. The van der Waals surface area contributed by atoms with Crippen LogP contribution < -0.4 is 10.6 Å². The lowest BCUT2D eigenvalue weighted by molar-refractivity contribution is -0.136. The Morgan fingerprint density at radius 1 is 1.00 bits per heavy atom. The van der Waals surface area contributed by atoms with Gasteiger partial charge in [-0.2, -0.15) is 0 Å². The van der Waals surface area contributed by atoms with Crippen molar-refractivity contribution in [2.24, 2.45) is 0 Å². The van der Waals surface area contributed by atoms with Crippen LogP contribution in [0.5, 0.6) is 0 Å². The highest BCUT2D eigenvalue weighted by Gasteiger charge is 2.39. The van der Waals surface area contributed by atoms with Crippen molar-refractivity contribution in [1.29, 1.82) is 0 Å². The second kappa shape index (κ2) is 10.1. The first-order valence-electron chi connectivity index (χ1n) is 12.2. The van der Waals surface area contributed by atoms with Gasteiger partial charge in [0.2, 0.25) is 11.8 Å². The van der Waals surface area contributed by atoms with Crippen LogP contribution in [0.2, 0.25) is 0 Å². The van der Waals surface area contributed by atoms with Gasteiger partial charge in [-0.1, -0.05) is 42.5 Å². The first-order valence-corrected chi connectivity index (χ1v) is 12.2. The van der Waals surface area contributed by atoms with Crippen LogP contribution in [0.1, 0.15) is 65.6 Å².